The summed E-state index contributed by atoms with van der Waals surface area (Å²) in [6.07, 6.45) is 0.661. The number of rotatable bonds is 2. The fraction of sp³-hybridized carbons (Fsp3) is 0.167. The van der Waals surface area contributed by atoms with Crippen molar-refractivity contribution in [1.29, 1.82) is 0 Å². The maximum Gasteiger partial charge on any atom is 0.336 e. The number of aldehydes is 1. The van der Waals surface area contributed by atoms with Crippen molar-refractivity contribution in [3.05, 3.63) is 40.2 Å². The predicted molar refractivity (Wildman–Crippen MR) is 62.2 cm³/mol. The third-order valence-electron chi connectivity index (χ3n) is 2.40. The third-order valence-corrected chi connectivity index (χ3v) is 2.40. The van der Waals surface area contributed by atoms with Gasteiger partial charge in [-0.1, -0.05) is 0 Å². The molecule has 0 saturated heterocycles. The summed E-state index contributed by atoms with van der Waals surface area (Å²) in [6, 6.07) is 6.58. The summed E-state index contributed by atoms with van der Waals surface area (Å²) in [5, 5.41) is 0.653. The van der Waals surface area contributed by atoms with E-state index in [1.54, 1.807) is 12.1 Å². The Kier molecular flexibility index (Phi) is 2.48. The number of carbonyl (C=O) groups excluding carboxylic acids is 1. The molecule has 0 saturated carbocycles. The van der Waals surface area contributed by atoms with E-state index in [0.717, 1.165) is 5.69 Å². The van der Waals surface area contributed by atoms with Gasteiger partial charge in [0.2, 0.25) is 0 Å². The highest BCUT2D eigenvalue weighted by molar-refractivity contribution is 5.96. The van der Waals surface area contributed by atoms with Crippen LogP contribution < -0.4 is 10.5 Å². The van der Waals surface area contributed by atoms with Crippen molar-refractivity contribution < 1.29 is 9.21 Å². The summed E-state index contributed by atoms with van der Waals surface area (Å²) in [5.74, 6) is 0. The summed E-state index contributed by atoms with van der Waals surface area (Å²) < 4.78 is 5.05. The van der Waals surface area contributed by atoms with Crippen LogP contribution in [0.5, 0.6) is 0 Å². The van der Waals surface area contributed by atoms with Gasteiger partial charge in [0, 0.05) is 42.9 Å². The zero-order valence-electron chi connectivity index (χ0n) is 9.06. The number of carbonyl (C=O) groups is 1. The highest BCUT2D eigenvalue weighted by Gasteiger charge is 2.06. The fourth-order valence-electron chi connectivity index (χ4n) is 1.55. The fourth-order valence-corrected chi connectivity index (χ4v) is 1.55. The summed E-state index contributed by atoms with van der Waals surface area (Å²) in [4.78, 5) is 23.9. The van der Waals surface area contributed by atoms with Crippen molar-refractivity contribution in [3.63, 3.8) is 0 Å². The second-order valence-corrected chi connectivity index (χ2v) is 3.71. The summed E-state index contributed by atoms with van der Waals surface area (Å²) in [7, 11) is 3.78. The van der Waals surface area contributed by atoms with Gasteiger partial charge in [-0.15, -0.1) is 0 Å². The summed E-state index contributed by atoms with van der Waals surface area (Å²) in [5.41, 5.74) is 1.20. The SMILES string of the molecule is CN(C)c1ccc2c(C=O)cc(=O)oc2c1. The minimum absolute atomic E-state index is 0.358. The third kappa shape index (κ3) is 1.69. The smallest absolute Gasteiger partial charge is 0.336 e. The van der Waals surface area contributed by atoms with E-state index in [4.69, 9.17) is 4.42 Å². The molecule has 16 heavy (non-hydrogen) atoms. The molecule has 0 aliphatic heterocycles. The Morgan fingerprint density at radius 2 is 2.00 bits per heavy atom. The zero-order chi connectivity index (χ0) is 11.7. The average molecular weight is 217 g/mol. The molecule has 1 heterocycles. The van der Waals surface area contributed by atoms with E-state index in [1.807, 2.05) is 25.1 Å². The molecule has 1 aromatic carbocycles. The number of nitrogens with zero attached hydrogens (tertiary/aromatic N) is 1. The Hall–Kier alpha value is -2.10. The lowest BCUT2D eigenvalue weighted by Crippen LogP contribution is -2.08. The molecule has 0 fully saturated rings. The van der Waals surface area contributed by atoms with E-state index in [1.165, 1.54) is 6.07 Å². The first kappa shape index (κ1) is 10.4. The Labute approximate surface area is 92.1 Å². The lowest BCUT2D eigenvalue weighted by Gasteiger charge is -2.12. The van der Waals surface area contributed by atoms with Gasteiger partial charge >= 0.3 is 5.63 Å². The monoisotopic (exact) mass is 217 g/mol. The molecular weight excluding hydrogens is 206 g/mol. The van der Waals surface area contributed by atoms with E-state index in [2.05, 4.69) is 0 Å². The standard InChI is InChI=1S/C12H11NO3/c1-13(2)9-3-4-10-8(7-14)5-12(15)16-11(10)6-9/h3-7H,1-2H3. The number of hydrogen-bond acceptors (Lipinski definition) is 4. The average Bonchev–Trinajstić information content (AvgIpc) is 2.26. The zero-order valence-corrected chi connectivity index (χ0v) is 9.06. The van der Waals surface area contributed by atoms with Crippen LogP contribution in [0.25, 0.3) is 11.0 Å². The van der Waals surface area contributed by atoms with Gasteiger partial charge in [-0.05, 0) is 12.1 Å². The predicted octanol–water partition coefficient (Wildman–Crippen LogP) is 1.67. The molecule has 0 aliphatic rings. The van der Waals surface area contributed by atoms with Gasteiger partial charge in [-0.3, -0.25) is 4.79 Å². The van der Waals surface area contributed by atoms with E-state index >= 15 is 0 Å². The van der Waals surface area contributed by atoms with Crippen molar-refractivity contribution in [2.45, 2.75) is 0 Å². The van der Waals surface area contributed by atoms with Crippen LogP contribution in [0.15, 0.2) is 33.5 Å². The van der Waals surface area contributed by atoms with E-state index in [9.17, 15) is 9.59 Å². The second-order valence-electron chi connectivity index (χ2n) is 3.71. The number of fused-ring (bicyclic) bond motifs is 1. The molecule has 0 radical (unpaired) electrons. The van der Waals surface area contributed by atoms with Gasteiger partial charge in [0.15, 0.2) is 6.29 Å². The number of hydrogen-bond donors (Lipinski definition) is 0. The first-order chi connectivity index (χ1) is 7.61. The van der Waals surface area contributed by atoms with Crippen LogP contribution >= 0.6 is 0 Å². The van der Waals surface area contributed by atoms with E-state index < -0.39 is 5.63 Å². The van der Waals surface area contributed by atoms with Gasteiger partial charge < -0.3 is 9.32 Å². The highest BCUT2D eigenvalue weighted by Crippen LogP contribution is 2.21. The van der Waals surface area contributed by atoms with Crippen LogP contribution in [0.4, 0.5) is 5.69 Å². The molecule has 4 nitrogen and oxygen atoms in total. The van der Waals surface area contributed by atoms with Crippen molar-refractivity contribution in [2.75, 3.05) is 19.0 Å². The van der Waals surface area contributed by atoms with Crippen molar-refractivity contribution in [3.8, 4) is 0 Å². The molecule has 2 aromatic rings. The van der Waals surface area contributed by atoms with E-state index in [-0.39, 0.29) is 0 Å². The molecule has 0 N–H and O–H groups in total. The summed E-state index contributed by atoms with van der Waals surface area (Å²) in [6.45, 7) is 0. The molecule has 1 aromatic heterocycles. The van der Waals surface area contributed by atoms with Crippen LogP contribution in [0.1, 0.15) is 10.4 Å². The van der Waals surface area contributed by atoms with Gasteiger partial charge in [0.25, 0.3) is 0 Å². The van der Waals surface area contributed by atoms with E-state index in [0.29, 0.717) is 22.8 Å². The Morgan fingerprint density at radius 3 is 2.62 bits per heavy atom. The van der Waals surface area contributed by atoms with Crippen molar-refractivity contribution in [1.82, 2.24) is 0 Å². The largest absolute Gasteiger partial charge is 0.423 e. The minimum Gasteiger partial charge on any atom is -0.423 e. The van der Waals surface area contributed by atoms with Crippen molar-refractivity contribution >= 4 is 22.9 Å². The Morgan fingerprint density at radius 1 is 1.25 bits per heavy atom. The van der Waals surface area contributed by atoms with Crippen LogP contribution in [0.3, 0.4) is 0 Å². The molecule has 0 spiro atoms. The molecule has 0 unspecified atom stereocenters. The first-order valence-electron chi connectivity index (χ1n) is 4.82. The molecule has 82 valence electrons. The van der Waals surface area contributed by atoms with Gasteiger partial charge in [0.05, 0.1) is 0 Å². The van der Waals surface area contributed by atoms with Crippen molar-refractivity contribution in [2.24, 2.45) is 0 Å². The Balaban J connectivity index is 2.79. The van der Waals surface area contributed by atoms with Crippen LogP contribution in [0, 0.1) is 0 Å². The molecule has 0 bridgehead atoms. The molecule has 2 rings (SSSR count). The maximum atomic E-state index is 11.2. The van der Waals surface area contributed by atoms with Gasteiger partial charge in [0.1, 0.15) is 5.58 Å². The second kappa shape index (κ2) is 3.81. The highest BCUT2D eigenvalue weighted by atomic mass is 16.4. The minimum atomic E-state index is -0.509. The quantitative estimate of drug-likeness (QED) is 0.567. The topological polar surface area (TPSA) is 50.5 Å². The lowest BCUT2D eigenvalue weighted by atomic mass is 10.1. The maximum absolute atomic E-state index is 11.2. The molecule has 0 amide bonds. The van der Waals surface area contributed by atoms with Crippen LogP contribution in [0.2, 0.25) is 0 Å². The number of benzene rings is 1. The molecule has 4 heteroatoms. The number of anilines is 1. The Bertz CT molecular complexity index is 599. The summed E-state index contributed by atoms with van der Waals surface area (Å²) >= 11 is 0. The molecule has 0 atom stereocenters. The lowest BCUT2D eigenvalue weighted by molar-refractivity contribution is 0.112. The normalized spacial score (nSPS) is 10.4. The molecular formula is C12H11NO3. The van der Waals surface area contributed by atoms with Gasteiger partial charge in [-0.25, -0.2) is 4.79 Å². The van der Waals surface area contributed by atoms with Gasteiger partial charge in [-0.2, -0.15) is 0 Å². The van der Waals surface area contributed by atoms with Crippen LogP contribution in [-0.2, 0) is 0 Å². The molecule has 0 aliphatic carbocycles. The van der Waals surface area contributed by atoms with Crippen LogP contribution in [-0.4, -0.2) is 20.4 Å². The first-order valence-corrected chi connectivity index (χ1v) is 4.82.